The van der Waals surface area contributed by atoms with Crippen LogP contribution in [-0.4, -0.2) is 33.8 Å². The Morgan fingerprint density at radius 1 is 1.32 bits per heavy atom. The summed E-state index contributed by atoms with van der Waals surface area (Å²) in [5, 5.41) is 4.93. The lowest BCUT2D eigenvalue weighted by Crippen LogP contribution is -2.33. The van der Waals surface area contributed by atoms with Crippen molar-refractivity contribution in [3.8, 4) is 5.75 Å². The number of para-hydroxylation sites is 1. The van der Waals surface area contributed by atoms with Crippen molar-refractivity contribution in [1.82, 2.24) is 14.8 Å². The zero-order chi connectivity index (χ0) is 17.6. The average Bonchev–Trinajstić information content (AvgIpc) is 3.25. The molecule has 0 N–H and O–H groups in total. The first kappa shape index (κ1) is 17.4. The molecule has 0 aliphatic heterocycles. The highest BCUT2D eigenvalue weighted by molar-refractivity contribution is 7.22. The number of ether oxygens (including phenoxy) is 1. The lowest BCUT2D eigenvalue weighted by Gasteiger charge is -2.19. The van der Waals surface area contributed by atoms with E-state index < -0.39 is 0 Å². The monoisotopic (exact) mass is 358 g/mol. The van der Waals surface area contributed by atoms with Crippen molar-refractivity contribution in [3.05, 3.63) is 36.7 Å². The van der Waals surface area contributed by atoms with Crippen LogP contribution in [0, 0.1) is 0 Å². The van der Waals surface area contributed by atoms with Gasteiger partial charge in [0.25, 0.3) is 0 Å². The molecule has 0 radical (unpaired) electrons. The van der Waals surface area contributed by atoms with Crippen LogP contribution in [-0.2, 0) is 11.3 Å². The van der Waals surface area contributed by atoms with Crippen LogP contribution in [0.4, 0.5) is 5.13 Å². The van der Waals surface area contributed by atoms with E-state index in [1.54, 1.807) is 11.1 Å². The average molecular weight is 358 g/mol. The van der Waals surface area contributed by atoms with Gasteiger partial charge in [-0.1, -0.05) is 24.3 Å². The molecule has 2 heterocycles. The number of fused-ring (bicyclic) bond motifs is 1. The van der Waals surface area contributed by atoms with E-state index in [0.717, 1.165) is 22.4 Å². The Kier molecular flexibility index (Phi) is 5.65. The highest BCUT2D eigenvalue weighted by atomic mass is 32.1. The van der Waals surface area contributed by atoms with E-state index >= 15 is 0 Å². The predicted molar refractivity (Wildman–Crippen MR) is 100 cm³/mol. The Balaban J connectivity index is 1.90. The van der Waals surface area contributed by atoms with Gasteiger partial charge in [-0.2, -0.15) is 5.10 Å². The van der Waals surface area contributed by atoms with Gasteiger partial charge in [0.15, 0.2) is 5.13 Å². The Bertz CT molecular complexity index is 829. The van der Waals surface area contributed by atoms with E-state index in [9.17, 15) is 4.79 Å². The molecule has 0 fully saturated rings. The first-order chi connectivity index (χ1) is 12.2. The molecule has 7 heteroatoms. The van der Waals surface area contributed by atoms with Crippen molar-refractivity contribution in [3.63, 3.8) is 0 Å². The highest BCUT2D eigenvalue weighted by Crippen LogP contribution is 2.34. The van der Waals surface area contributed by atoms with Gasteiger partial charge in [-0.15, -0.1) is 0 Å². The maximum absolute atomic E-state index is 12.6. The van der Waals surface area contributed by atoms with E-state index in [4.69, 9.17) is 9.72 Å². The number of aromatic nitrogens is 3. The Labute approximate surface area is 151 Å². The van der Waals surface area contributed by atoms with E-state index in [2.05, 4.69) is 5.10 Å². The van der Waals surface area contributed by atoms with E-state index in [1.165, 1.54) is 11.3 Å². The highest BCUT2D eigenvalue weighted by Gasteiger charge is 2.20. The maximum Gasteiger partial charge on any atom is 0.228 e. The van der Waals surface area contributed by atoms with Crippen molar-refractivity contribution in [2.45, 2.75) is 33.2 Å². The fourth-order valence-corrected chi connectivity index (χ4v) is 3.64. The summed E-state index contributed by atoms with van der Waals surface area (Å²) in [6.45, 7) is 5.73. The second-order valence-corrected chi connectivity index (χ2v) is 6.61. The molecule has 0 spiro atoms. The van der Waals surface area contributed by atoms with Crippen molar-refractivity contribution in [2.75, 3.05) is 18.1 Å². The molecule has 25 heavy (non-hydrogen) atoms. The molecule has 6 nitrogen and oxygen atoms in total. The van der Waals surface area contributed by atoms with Crippen molar-refractivity contribution < 1.29 is 9.53 Å². The van der Waals surface area contributed by atoms with Crippen molar-refractivity contribution in [2.24, 2.45) is 0 Å². The zero-order valence-electron chi connectivity index (χ0n) is 14.5. The molecule has 0 saturated heterocycles. The smallest absolute Gasteiger partial charge is 0.228 e. The van der Waals surface area contributed by atoms with Gasteiger partial charge in [-0.05, 0) is 31.5 Å². The molecular weight excluding hydrogens is 336 g/mol. The Morgan fingerprint density at radius 3 is 2.92 bits per heavy atom. The van der Waals surface area contributed by atoms with Gasteiger partial charge in [0.05, 0.1) is 17.9 Å². The number of amides is 1. The minimum atomic E-state index is 0.0895. The SMILES string of the molecule is CCCC(=O)N(CCn1cccn1)c1nc2c(OCC)cccc2s1. The van der Waals surface area contributed by atoms with Crippen LogP contribution < -0.4 is 9.64 Å². The number of carbonyl (C=O) groups excluding carboxylic acids is 1. The molecular formula is C18H22N4O2S. The minimum absolute atomic E-state index is 0.0895. The molecule has 132 valence electrons. The van der Waals surface area contributed by atoms with Gasteiger partial charge in [0.2, 0.25) is 5.91 Å². The lowest BCUT2D eigenvalue weighted by atomic mass is 10.3. The molecule has 0 atom stereocenters. The number of hydrogen-bond acceptors (Lipinski definition) is 5. The summed E-state index contributed by atoms with van der Waals surface area (Å²) in [4.78, 5) is 19.1. The van der Waals surface area contributed by atoms with Crippen LogP contribution in [0.5, 0.6) is 5.75 Å². The topological polar surface area (TPSA) is 60.2 Å². The molecule has 0 aliphatic carbocycles. The summed E-state index contributed by atoms with van der Waals surface area (Å²) < 4.78 is 8.51. The quantitative estimate of drug-likeness (QED) is 0.616. The van der Waals surface area contributed by atoms with Crippen LogP contribution in [0.1, 0.15) is 26.7 Å². The summed E-state index contributed by atoms with van der Waals surface area (Å²) in [6, 6.07) is 7.76. The molecule has 2 aromatic heterocycles. The first-order valence-electron chi connectivity index (χ1n) is 8.53. The number of carbonyl (C=O) groups is 1. The normalized spacial score (nSPS) is 11.0. The van der Waals surface area contributed by atoms with Crippen LogP contribution in [0.15, 0.2) is 36.7 Å². The molecule has 1 aromatic carbocycles. The van der Waals surface area contributed by atoms with Gasteiger partial charge in [0.1, 0.15) is 11.3 Å². The maximum atomic E-state index is 12.6. The summed E-state index contributed by atoms with van der Waals surface area (Å²) in [5.74, 6) is 0.851. The van der Waals surface area contributed by atoms with E-state index in [-0.39, 0.29) is 5.91 Å². The summed E-state index contributed by atoms with van der Waals surface area (Å²) in [7, 11) is 0. The number of anilines is 1. The number of hydrogen-bond donors (Lipinski definition) is 0. The van der Waals surface area contributed by atoms with Gasteiger partial charge >= 0.3 is 0 Å². The Hall–Kier alpha value is -2.41. The molecule has 1 amide bonds. The summed E-state index contributed by atoms with van der Waals surface area (Å²) in [6.07, 6.45) is 4.96. The molecule has 0 unspecified atom stereocenters. The second kappa shape index (κ2) is 8.11. The summed E-state index contributed by atoms with van der Waals surface area (Å²) >= 11 is 1.52. The third-order valence-corrected chi connectivity index (χ3v) is 4.82. The largest absolute Gasteiger partial charge is 0.492 e. The number of rotatable bonds is 8. The lowest BCUT2D eigenvalue weighted by molar-refractivity contribution is -0.118. The zero-order valence-corrected chi connectivity index (χ0v) is 15.3. The van der Waals surface area contributed by atoms with Crippen LogP contribution in [0.25, 0.3) is 10.2 Å². The minimum Gasteiger partial charge on any atom is -0.492 e. The second-order valence-electron chi connectivity index (χ2n) is 5.60. The first-order valence-corrected chi connectivity index (χ1v) is 9.34. The molecule has 0 saturated carbocycles. The van der Waals surface area contributed by atoms with Crippen molar-refractivity contribution >= 4 is 32.6 Å². The van der Waals surface area contributed by atoms with Crippen LogP contribution >= 0.6 is 11.3 Å². The number of thiazole rings is 1. The van der Waals surface area contributed by atoms with Gasteiger partial charge in [0, 0.05) is 25.4 Å². The summed E-state index contributed by atoms with van der Waals surface area (Å²) in [5.41, 5.74) is 0.817. The molecule has 0 bridgehead atoms. The standard InChI is InChI=1S/C18H22N4O2S/c1-3-7-16(23)22(13-12-21-11-6-10-19-21)18-20-17-14(24-4-2)8-5-9-15(17)25-18/h5-6,8-11H,3-4,7,12-13H2,1-2H3. The van der Waals surface area contributed by atoms with Gasteiger partial charge < -0.3 is 4.74 Å². The number of nitrogens with zero attached hydrogens (tertiary/aromatic N) is 4. The van der Waals surface area contributed by atoms with Gasteiger partial charge in [-0.25, -0.2) is 4.98 Å². The van der Waals surface area contributed by atoms with Crippen LogP contribution in [0.2, 0.25) is 0 Å². The van der Waals surface area contributed by atoms with Gasteiger partial charge in [-0.3, -0.25) is 14.4 Å². The fraction of sp³-hybridized carbons (Fsp3) is 0.389. The van der Waals surface area contributed by atoms with Crippen molar-refractivity contribution in [1.29, 1.82) is 0 Å². The third kappa shape index (κ3) is 3.99. The molecule has 3 aromatic rings. The van der Waals surface area contributed by atoms with E-state index in [1.807, 2.05) is 49.0 Å². The third-order valence-electron chi connectivity index (χ3n) is 3.78. The van der Waals surface area contributed by atoms with Crippen LogP contribution in [0.3, 0.4) is 0 Å². The Morgan fingerprint density at radius 2 is 2.20 bits per heavy atom. The fourth-order valence-electron chi connectivity index (χ4n) is 2.61. The van der Waals surface area contributed by atoms with E-state index in [0.29, 0.717) is 31.2 Å². The molecule has 3 rings (SSSR count). The predicted octanol–water partition coefficient (Wildman–Crippen LogP) is 3.72. The molecule has 0 aliphatic rings. The number of benzene rings is 1.